The number of piperidine rings is 1. The normalized spacial score (nSPS) is 16.1. The van der Waals surface area contributed by atoms with Gasteiger partial charge in [-0.25, -0.2) is 4.79 Å². The summed E-state index contributed by atoms with van der Waals surface area (Å²) in [5, 5.41) is 12.3. The van der Waals surface area contributed by atoms with Crippen molar-refractivity contribution in [1.82, 2.24) is 10.2 Å². The van der Waals surface area contributed by atoms with Crippen molar-refractivity contribution in [3.05, 3.63) is 33.8 Å². The van der Waals surface area contributed by atoms with Crippen LogP contribution < -0.4 is 5.32 Å². The maximum atomic E-state index is 12.4. The highest BCUT2D eigenvalue weighted by Gasteiger charge is 2.28. The molecule has 7 nitrogen and oxygen atoms in total. The van der Waals surface area contributed by atoms with Gasteiger partial charge in [0.05, 0.1) is 12.1 Å². The zero-order valence-electron chi connectivity index (χ0n) is 15.6. The number of esters is 1. The molecule has 0 radical (unpaired) electrons. The fraction of sp³-hybridized carbons (Fsp3) is 0.421. The number of nitrogens with one attached hydrogen (secondary N) is 1. The molecule has 0 spiro atoms. The number of carbonyl (C=O) groups is 3. The Hall–Kier alpha value is -2.25. The van der Waals surface area contributed by atoms with E-state index in [1.807, 2.05) is 0 Å². The lowest BCUT2D eigenvalue weighted by molar-refractivity contribution is -0.145. The third-order valence-corrected chi connectivity index (χ3v) is 5.47. The van der Waals surface area contributed by atoms with Crippen LogP contribution >= 0.6 is 23.2 Å². The van der Waals surface area contributed by atoms with Gasteiger partial charge in [0.1, 0.15) is 16.8 Å². The predicted octanol–water partition coefficient (Wildman–Crippen LogP) is 2.63. The van der Waals surface area contributed by atoms with Crippen molar-refractivity contribution in [3.63, 3.8) is 0 Å². The van der Waals surface area contributed by atoms with E-state index in [0.29, 0.717) is 31.5 Å². The minimum atomic E-state index is -0.707. The number of carbonyl (C=O) groups excluding carboxylic acids is 3. The number of phenolic OH excluding ortho intramolecular Hbond substituents is 1. The van der Waals surface area contributed by atoms with Crippen molar-refractivity contribution in [2.45, 2.75) is 25.8 Å². The lowest BCUT2D eigenvalue weighted by Crippen LogP contribution is -2.46. The summed E-state index contributed by atoms with van der Waals surface area (Å²) in [6.45, 7) is 2.42. The number of phenols is 1. The van der Waals surface area contributed by atoms with Crippen LogP contribution in [0.25, 0.3) is 6.08 Å². The van der Waals surface area contributed by atoms with E-state index < -0.39 is 12.0 Å². The Morgan fingerprint density at radius 3 is 2.50 bits per heavy atom. The molecule has 1 atom stereocenters. The van der Waals surface area contributed by atoms with Gasteiger partial charge in [-0.15, -0.1) is 0 Å². The van der Waals surface area contributed by atoms with Crippen LogP contribution in [-0.2, 0) is 19.1 Å². The minimum absolute atomic E-state index is 0.0317. The molecule has 1 heterocycles. The van der Waals surface area contributed by atoms with Crippen LogP contribution in [0.3, 0.4) is 0 Å². The average Bonchev–Trinajstić information content (AvgIpc) is 2.70. The molecule has 28 heavy (non-hydrogen) atoms. The number of halogens is 2. The topological polar surface area (TPSA) is 95.9 Å². The summed E-state index contributed by atoms with van der Waals surface area (Å²) in [5.41, 5.74) is 0.517. The Morgan fingerprint density at radius 2 is 1.89 bits per heavy atom. The van der Waals surface area contributed by atoms with E-state index in [1.54, 1.807) is 17.9 Å². The van der Waals surface area contributed by atoms with E-state index in [0.717, 1.165) is 0 Å². The van der Waals surface area contributed by atoms with Crippen molar-refractivity contribution >= 4 is 47.1 Å². The Bertz CT molecular complexity index is 789. The van der Waals surface area contributed by atoms with E-state index in [2.05, 4.69) is 10.1 Å². The van der Waals surface area contributed by atoms with E-state index in [4.69, 9.17) is 23.2 Å². The summed E-state index contributed by atoms with van der Waals surface area (Å²) in [4.78, 5) is 37.6. The fourth-order valence-electron chi connectivity index (χ4n) is 2.88. The smallest absolute Gasteiger partial charge is 0.328 e. The first-order valence-corrected chi connectivity index (χ1v) is 9.52. The van der Waals surface area contributed by atoms with E-state index in [-0.39, 0.29) is 33.5 Å². The predicted molar refractivity (Wildman–Crippen MR) is 106 cm³/mol. The number of benzene rings is 1. The molecule has 0 aliphatic carbocycles. The lowest BCUT2D eigenvalue weighted by Gasteiger charge is -2.31. The van der Waals surface area contributed by atoms with Crippen LogP contribution in [0.5, 0.6) is 5.75 Å². The molecule has 1 aliphatic rings. The summed E-state index contributed by atoms with van der Waals surface area (Å²) >= 11 is 11.9. The number of rotatable bonds is 5. The molecule has 0 saturated carbocycles. The molecule has 2 N–H and O–H groups in total. The summed E-state index contributed by atoms with van der Waals surface area (Å²) in [6, 6.07) is 2.26. The van der Waals surface area contributed by atoms with Gasteiger partial charge in [-0.3, -0.25) is 9.59 Å². The Balaban J connectivity index is 1.89. The zero-order valence-corrected chi connectivity index (χ0v) is 17.1. The van der Waals surface area contributed by atoms with Crippen LogP contribution in [-0.4, -0.2) is 54.0 Å². The maximum Gasteiger partial charge on any atom is 0.328 e. The first kappa shape index (κ1) is 22.0. The number of methoxy groups -OCH3 is 1. The molecule has 152 valence electrons. The molecule has 0 unspecified atom stereocenters. The molecule has 1 aromatic carbocycles. The highest BCUT2D eigenvalue weighted by atomic mass is 35.5. The third kappa shape index (κ3) is 5.39. The standard InChI is InChI=1S/C19H22Cl2N2O5/c1-11(19(27)28-2)22-18(26)13-7-9-23(10-8-13)15(25)6-4-12-3-5-14(24)17(21)16(12)20/h3-6,11,13,24H,7-10H2,1-2H3,(H,22,26)/b6-4+/t11-/m0/s1. The van der Waals surface area contributed by atoms with Crippen molar-refractivity contribution < 1.29 is 24.2 Å². The lowest BCUT2D eigenvalue weighted by atomic mass is 9.95. The third-order valence-electron chi connectivity index (χ3n) is 4.59. The molecular weight excluding hydrogens is 407 g/mol. The second kappa shape index (κ2) is 9.80. The summed E-state index contributed by atoms with van der Waals surface area (Å²) in [6.07, 6.45) is 3.93. The van der Waals surface area contributed by atoms with Gasteiger partial charge in [0.2, 0.25) is 11.8 Å². The van der Waals surface area contributed by atoms with Crippen molar-refractivity contribution in [2.75, 3.05) is 20.2 Å². The highest BCUT2D eigenvalue weighted by molar-refractivity contribution is 6.43. The fourth-order valence-corrected chi connectivity index (χ4v) is 3.27. The van der Waals surface area contributed by atoms with Gasteiger partial charge >= 0.3 is 5.97 Å². The van der Waals surface area contributed by atoms with E-state index in [9.17, 15) is 19.5 Å². The van der Waals surface area contributed by atoms with Crippen LogP contribution in [0, 0.1) is 5.92 Å². The molecule has 1 aliphatic heterocycles. The Kier molecular flexibility index (Phi) is 7.71. The molecule has 1 aromatic rings. The summed E-state index contributed by atoms with van der Waals surface area (Å²) in [7, 11) is 1.27. The Morgan fingerprint density at radius 1 is 1.25 bits per heavy atom. The van der Waals surface area contributed by atoms with Gasteiger partial charge in [0.15, 0.2) is 0 Å². The second-order valence-corrected chi connectivity index (χ2v) is 7.24. The minimum Gasteiger partial charge on any atom is -0.506 e. The zero-order chi connectivity index (χ0) is 20.8. The molecule has 2 rings (SSSR count). The average molecular weight is 429 g/mol. The molecule has 2 amide bonds. The summed E-state index contributed by atoms with van der Waals surface area (Å²) in [5.74, 6) is -1.31. The van der Waals surface area contributed by atoms with Crippen molar-refractivity contribution in [1.29, 1.82) is 0 Å². The number of amides is 2. The van der Waals surface area contributed by atoms with Gasteiger partial charge in [-0.1, -0.05) is 23.2 Å². The molecule has 0 bridgehead atoms. The Labute approximate surface area is 173 Å². The SMILES string of the molecule is COC(=O)[C@H](C)NC(=O)C1CCN(C(=O)/C=C/c2ccc(O)c(Cl)c2Cl)CC1. The van der Waals surface area contributed by atoms with Crippen molar-refractivity contribution in [2.24, 2.45) is 5.92 Å². The number of aromatic hydroxyl groups is 1. The van der Waals surface area contributed by atoms with E-state index in [1.165, 1.54) is 25.3 Å². The van der Waals surface area contributed by atoms with Crippen LogP contribution in [0.15, 0.2) is 18.2 Å². The number of ether oxygens (including phenoxy) is 1. The van der Waals surface area contributed by atoms with Crippen LogP contribution in [0.2, 0.25) is 10.0 Å². The van der Waals surface area contributed by atoms with Gasteiger partial charge in [0, 0.05) is 25.1 Å². The van der Waals surface area contributed by atoms with Crippen LogP contribution in [0.4, 0.5) is 0 Å². The molecule has 1 fully saturated rings. The second-order valence-electron chi connectivity index (χ2n) is 6.49. The maximum absolute atomic E-state index is 12.4. The van der Waals surface area contributed by atoms with Crippen molar-refractivity contribution in [3.8, 4) is 5.75 Å². The van der Waals surface area contributed by atoms with E-state index >= 15 is 0 Å². The van der Waals surface area contributed by atoms with Gasteiger partial charge in [0.25, 0.3) is 0 Å². The first-order chi connectivity index (χ1) is 13.2. The molecule has 0 aromatic heterocycles. The molecule has 9 heteroatoms. The first-order valence-electron chi connectivity index (χ1n) is 8.76. The summed E-state index contributed by atoms with van der Waals surface area (Å²) < 4.78 is 4.59. The monoisotopic (exact) mass is 428 g/mol. The number of nitrogens with zero attached hydrogens (tertiary/aromatic N) is 1. The van der Waals surface area contributed by atoms with Crippen LogP contribution in [0.1, 0.15) is 25.3 Å². The molecule has 1 saturated heterocycles. The number of hydrogen-bond acceptors (Lipinski definition) is 5. The molecular formula is C19H22Cl2N2O5. The van der Waals surface area contributed by atoms with Gasteiger partial charge in [-0.2, -0.15) is 0 Å². The number of likely N-dealkylation sites (tertiary alicyclic amines) is 1. The number of hydrogen-bond donors (Lipinski definition) is 2. The highest BCUT2D eigenvalue weighted by Crippen LogP contribution is 2.34. The van der Waals surface area contributed by atoms with Gasteiger partial charge < -0.3 is 20.1 Å². The largest absolute Gasteiger partial charge is 0.506 e. The quantitative estimate of drug-likeness (QED) is 0.554. The van der Waals surface area contributed by atoms with Gasteiger partial charge in [-0.05, 0) is 43.5 Å².